The topological polar surface area (TPSA) is 107 Å². The van der Waals surface area contributed by atoms with Crippen LogP contribution in [0.25, 0.3) is 10.9 Å². The average molecular weight is 379 g/mol. The molecule has 1 aromatic heterocycles. The van der Waals surface area contributed by atoms with Gasteiger partial charge in [-0.1, -0.05) is 12.1 Å². The van der Waals surface area contributed by atoms with Gasteiger partial charge in [-0.05, 0) is 43.3 Å². The van der Waals surface area contributed by atoms with E-state index in [0.29, 0.717) is 34.6 Å². The van der Waals surface area contributed by atoms with Crippen LogP contribution in [0.15, 0.2) is 53.3 Å². The Bertz CT molecular complexity index is 1060. The van der Waals surface area contributed by atoms with Gasteiger partial charge in [0.25, 0.3) is 5.56 Å². The number of benzene rings is 2. The second-order valence-electron chi connectivity index (χ2n) is 6.23. The standard InChI is InChI=1S/C20H21N5O3/c1-3-25(12-18-23-17-7-5-4-6-16(17)19(27)24-18)20(28)22-15-10-8-14(9-11-15)21-13(2)26/h4-11H,3,12H2,1-2H3,(H,21,26)(H,22,28)(H,23,24,27). The molecule has 8 heteroatoms. The number of carbonyl (C=O) groups is 2. The summed E-state index contributed by atoms with van der Waals surface area (Å²) in [5.74, 6) is 0.257. The van der Waals surface area contributed by atoms with E-state index in [0.717, 1.165) is 0 Å². The van der Waals surface area contributed by atoms with E-state index in [2.05, 4.69) is 20.6 Å². The van der Waals surface area contributed by atoms with E-state index in [1.165, 1.54) is 11.8 Å². The number of carbonyl (C=O) groups excluding carboxylic acids is 2. The number of H-pyrrole nitrogens is 1. The maximum absolute atomic E-state index is 12.6. The van der Waals surface area contributed by atoms with E-state index in [-0.39, 0.29) is 24.0 Å². The van der Waals surface area contributed by atoms with Gasteiger partial charge in [-0.25, -0.2) is 9.78 Å². The molecule has 0 aliphatic rings. The third kappa shape index (κ3) is 4.53. The molecule has 28 heavy (non-hydrogen) atoms. The van der Waals surface area contributed by atoms with Crippen molar-refractivity contribution in [1.29, 1.82) is 0 Å². The fraction of sp³-hybridized carbons (Fsp3) is 0.200. The molecular formula is C20H21N5O3. The zero-order chi connectivity index (χ0) is 20.1. The van der Waals surface area contributed by atoms with E-state index in [1.54, 1.807) is 42.5 Å². The third-order valence-corrected chi connectivity index (χ3v) is 4.13. The van der Waals surface area contributed by atoms with Crippen LogP contribution < -0.4 is 16.2 Å². The van der Waals surface area contributed by atoms with E-state index in [1.807, 2.05) is 13.0 Å². The molecule has 3 aromatic rings. The number of rotatable bonds is 5. The fourth-order valence-electron chi connectivity index (χ4n) is 2.76. The summed E-state index contributed by atoms with van der Waals surface area (Å²) in [6.45, 7) is 3.89. The van der Waals surface area contributed by atoms with Gasteiger partial charge >= 0.3 is 6.03 Å². The lowest BCUT2D eigenvalue weighted by Gasteiger charge is -2.21. The summed E-state index contributed by atoms with van der Waals surface area (Å²) >= 11 is 0. The molecule has 2 aromatic carbocycles. The quantitative estimate of drug-likeness (QED) is 0.633. The molecule has 0 bridgehead atoms. The highest BCUT2D eigenvalue weighted by Crippen LogP contribution is 2.15. The Labute approximate surface area is 161 Å². The summed E-state index contributed by atoms with van der Waals surface area (Å²) in [4.78, 5) is 44.5. The summed E-state index contributed by atoms with van der Waals surface area (Å²) < 4.78 is 0. The normalized spacial score (nSPS) is 10.5. The molecule has 8 nitrogen and oxygen atoms in total. The molecule has 3 N–H and O–H groups in total. The fourth-order valence-corrected chi connectivity index (χ4v) is 2.76. The predicted molar refractivity (Wildman–Crippen MR) is 108 cm³/mol. The molecule has 0 fully saturated rings. The molecule has 0 aliphatic heterocycles. The van der Waals surface area contributed by atoms with Gasteiger partial charge in [-0.3, -0.25) is 9.59 Å². The van der Waals surface area contributed by atoms with Crippen molar-refractivity contribution >= 4 is 34.2 Å². The zero-order valence-electron chi connectivity index (χ0n) is 15.7. The minimum absolute atomic E-state index is 0.161. The minimum atomic E-state index is -0.314. The van der Waals surface area contributed by atoms with Crippen LogP contribution in [0.4, 0.5) is 16.2 Å². The summed E-state index contributed by atoms with van der Waals surface area (Å²) in [5, 5.41) is 5.98. The second-order valence-corrected chi connectivity index (χ2v) is 6.23. The van der Waals surface area contributed by atoms with Crippen molar-refractivity contribution < 1.29 is 9.59 Å². The average Bonchev–Trinajstić information content (AvgIpc) is 2.67. The Morgan fingerprint density at radius 2 is 1.68 bits per heavy atom. The molecule has 3 amide bonds. The van der Waals surface area contributed by atoms with Crippen LogP contribution in [0, 0.1) is 0 Å². The number of anilines is 2. The van der Waals surface area contributed by atoms with Crippen molar-refractivity contribution in [2.45, 2.75) is 20.4 Å². The Balaban J connectivity index is 1.71. The van der Waals surface area contributed by atoms with Crippen molar-refractivity contribution in [3.63, 3.8) is 0 Å². The molecule has 0 radical (unpaired) electrons. The van der Waals surface area contributed by atoms with Crippen LogP contribution in [0.1, 0.15) is 19.7 Å². The molecule has 3 rings (SSSR count). The number of aromatic nitrogens is 2. The molecule has 144 valence electrons. The molecular weight excluding hydrogens is 358 g/mol. The number of nitrogens with one attached hydrogen (secondary N) is 3. The van der Waals surface area contributed by atoms with Gasteiger partial charge in [0.1, 0.15) is 5.82 Å². The maximum atomic E-state index is 12.6. The monoisotopic (exact) mass is 379 g/mol. The van der Waals surface area contributed by atoms with E-state index in [9.17, 15) is 14.4 Å². The third-order valence-electron chi connectivity index (χ3n) is 4.13. The van der Waals surface area contributed by atoms with Crippen molar-refractivity contribution in [3.05, 3.63) is 64.7 Å². The lowest BCUT2D eigenvalue weighted by atomic mass is 10.2. The number of urea groups is 1. The van der Waals surface area contributed by atoms with Gasteiger partial charge in [-0.15, -0.1) is 0 Å². The van der Waals surface area contributed by atoms with Crippen LogP contribution in [0.2, 0.25) is 0 Å². The predicted octanol–water partition coefficient (Wildman–Crippen LogP) is 2.94. The Hall–Kier alpha value is -3.68. The van der Waals surface area contributed by atoms with E-state index >= 15 is 0 Å². The maximum Gasteiger partial charge on any atom is 0.322 e. The van der Waals surface area contributed by atoms with Crippen LogP contribution in [-0.4, -0.2) is 33.4 Å². The van der Waals surface area contributed by atoms with Gasteiger partial charge < -0.3 is 20.5 Å². The van der Waals surface area contributed by atoms with Gasteiger partial charge in [0, 0.05) is 24.8 Å². The van der Waals surface area contributed by atoms with Crippen molar-refractivity contribution in [1.82, 2.24) is 14.9 Å². The molecule has 1 heterocycles. The first kappa shape index (κ1) is 19.1. The highest BCUT2D eigenvalue weighted by molar-refractivity contribution is 5.91. The lowest BCUT2D eigenvalue weighted by Crippen LogP contribution is -2.35. The van der Waals surface area contributed by atoms with Crippen molar-refractivity contribution in [2.24, 2.45) is 0 Å². The zero-order valence-corrected chi connectivity index (χ0v) is 15.7. The Kier molecular flexibility index (Phi) is 5.69. The van der Waals surface area contributed by atoms with E-state index in [4.69, 9.17) is 0 Å². The van der Waals surface area contributed by atoms with Gasteiger partial charge in [0.05, 0.1) is 17.4 Å². The summed E-state index contributed by atoms with van der Waals surface area (Å²) in [6, 6.07) is 13.6. The number of hydrogen-bond acceptors (Lipinski definition) is 4. The molecule has 0 spiro atoms. The van der Waals surface area contributed by atoms with Crippen molar-refractivity contribution in [3.8, 4) is 0 Å². The number of aromatic amines is 1. The molecule has 0 saturated heterocycles. The Morgan fingerprint density at radius 1 is 1.04 bits per heavy atom. The first-order valence-corrected chi connectivity index (χ1v) is 8.88. The molecule has 0 saturated carbocycles. The minimum Gasteiger partial charge on any atom is -0.326 e. The molecule has 0 atom stereocenters. The van der Waals surface area contributed by atoms with Crippen molar-refractivity contribution in [2.75, 3.05) is 17.2 Å². The molecule has 0 aliphatic carbocycles. The van der Waals surface area contributed by atoms with Crippen LogP contribution >= 0.6 is 0 Å². The number of amides is 3. The van der Waals surface area contributed by atoms with Gasteiger partial charge in [0.2, 0.25) is 5.91 Å². The molecule has 0 unspecified atom stereocenters. The Morgan fingerprint density at radius 3 is 2.32 bits per heavy atom. The smallest absolute Gasteiger partial charge is 0.322 e. The largest absolute Gasteiger partial charge is 0.326 e. The summed E-state index contributed by atoms with van der Waals surface area (Å²) in [6.07, 6.45) is 0. The first-order chi connectivity index (χ1) is 13.5. The summed E-state index contributed by atoms with van der Waals surface area (Å²) in [7, 11) is 0. The summed E-state index contributed by atoms with van der Waals surface area (Å²) in [5.41, 5.74) is 1.60. The second kappa shape index (κ2) is 8.34. The number of hydrogen-bond donors (Lipinski definition) is 3. The van der Waals surface area contributed by atoms with E-state index < -0.39 is 0 Å². The van der Waals surface area contributed by atoms with Crippen LogP contribution in [-0.2, 0) is 11.3 Å². The van der Waals surface area contributed by atoms with Crippen LogP contribution in [0.3, 0.4) is 0 Å². The highest BCUT2D eigenvalue weighted by atomic mass is 16.2. The number of fused-ring (bicyclic) bond motifs is 1. The number of para-hydroxylation sites is 1. The number of nitrogens with zero attached hydrogens (tertiary/aromatic N) is 2. The van der Waals surface area contributed by atoms with Gasteiger partial charge in [-0.2, -0.15) is 0 Å². The van der Waals surface area contributed by atoms with Crippen LogP contribution in [0.5, 0.6) is 0 Å². The van der Waals surface area contributed by atoms with Gasteiger partial charge in [0.15, 0.2) is 0 Å². The first-order valence-electron chi connectivity index (χ1n) is 8.88. The lowest BCUT2D eigenvalue weighted by molar-refractivity contribution is -0.114. The SMILES string of the molecule is CCN(Cc1nc2ccccc2c(=O)[nH]1)C(=O)Nc1ccc(NC(C)=O)cc1. The highest BCUT2D eigenvalue weighted by Gasteiger charge is 2.14.